The number of nitrogens with zero attached hydrogens (tertiary/aromatic N) is 1. The van der Waals surface area contributed by atoms with Gasteiger partial charge in [0.05, 0.1) is 12.2 Å². The van der Waals surface area contributed by atoms with E-state index in [1.54, 1.807) is 0 Å². The lowest BCUT2D eigenvalue weighted by Gasteiger charge is -1.99. The standard InChI is InChI=1S/C11H12N4OS/c12-13-6-10(16)15-11-14-9(7-17-11)8-4-2-1-3-5-8/h1-5,7,13H,6,12H2,(H,14,15,16). The number of hydrogen-bond donors (Lipinski definition) is 3. The Morgan fingerprint density at radius 2 is 2.12 bits per heavy atom. The van der Waals surface area contributed by atoms with Gasteiger partial charge in [-0.3, -0.25) is 16.1 Å². The Bertz CT molecular complexity index is 497. The topological polar surface area (TPSA) is 80.0 Å². The normalized spacial score (nSPS) is 10.2. The quantitative estimate of drug-likeness (QED) is 0.561. The Hall–Kier alpha value is -1.76. The van der Waals surface area contributed by atoms with Crippen LogP contribution in [0.1, 0.15) is 0 Å². The molecular weight excluding hydrogens is 236 g/mol. The first-order valence-electron chi connectivity index (χ1n) is 5.04. The molecule has 1 aromatic heterocycles. The van der Waals surface area contributed by atoms with Crippen LogP contribution in [-0.4, -0.2) is 17.4 Å². The molecule has 6 heteroatoms. The fourth-order valence-electron chi connectivity index (χ4n) is 1.33. The number of rotatable bonds is 4. The zero-order valence-electron chi connectivity index (χ0n) is 9.01. The van der Waals surface area contributed by atoms with Gasteiger partial charge in [-0.1, -0.05) is 30.3 Å². The number of nitrogens with two attached hydrogens (primary N) is 1. The summed E-state index contributed by atoms with van der Waals surface area (Å²) in [5.41, 5.74) is 4.17. The van der Waals surface area contributed by atoms with Crippen molar-refractivity contribution in [1.82, 2.24) is 10.4 Å². The van der Waals surface area contributed by atoms with Crippen LogP contribution in [0.3, 0.4) is 0 Å². The fraction of sp³-hybridized carbons (Fsp3) is 0.0909. The summed E-state index contributed by atoms with van der Waals surface area (Å²) >= 11 is 1.39. The summed E-state index contributed by atoms with van der Waals surface area (Å²) in [6.07, 6.45) is 0. The highest BCUT2D eigenvalue weighted by Crippen LogP contribution is 2.24. The van der Waals surface area contributed by atoms with Crippen molar-refractivity contribution in [2.75, 3.05) is 11.9 Å². The molecule has 0 fully saturated rings. The molecule has 0 aliphatic heterocycles. The Labute approximate surface area is 103 Å². The molecule has 4 N–H and O–H groups in total. The second kappa shape index (κ2) is 5.53. The molecular formula is C11H12N4OS. The highest BCUT2D eigenvalue weighted by Gasteiger charge is 2.06. The van der Waals surface area contributed by atoms with Crippen molar-refractivity contribution in [3.05, 3.63) is 35.7 Å². The molecule has 0 atom stereocenters. The molecule has 1 aromatic carbocycles. The number of aromatic nitrogens is 1. The molecule has 2 aromatic rings. The van der Waals surface area contributed by atoms with Gasteiger partial charge >= 0.3 is 0 Å². The van der Waals surface area contributed by atoms with Crippen LogP contribution in [0.5, 0.6) is 0 Å². The number of carbonyl (C=O) groups excluding carboxylic acids is 1. The van der Waals surface area contributed by atoms with Crippen LogP contribution in [0.25, 0.3) is 11.3 Å². The molecule has 1 amide bonds. The van der Waals surface area contributed by atoms with Crippen molar-refractivity contribution >= 4 is 22.4 Å². The van der Waals surface area contributed by atoms with Crippen molar-refractivity contribution in [2.45, 2.75) is 0 Å². The van der Waals surface area contributed by atoms with Crippen molar-refractivity contribution in [1.29, 1.82) is 0 Å². The predicted octanol–water partition coefficient (Wildman–Crippen LogP) is 1.21. The summed E-state index contributed by atoms with van der Waals surface area (Å²) in [6.45, 7) is 0.0697. The van der Waals surface area contributed by atoms with Gasteiger partial charge in [-0.05, 0) is 0 Å². The molecule has 0 aliphatic carbocycles. The van der Waals surface area contributed by atoms with Gasteiger partial charge in [0.25, 0.3) is 0 Å². The van der Waals surface area contributed by atoms with E-state index in [0.29, 0.717) is 5.13 Å². The summed E-state index contributed by atoms with van der Waals surface area (Å²) in [7, 11) is 0. The zero-order valence-corrected chi connectivity index (χ0v) is 9.83. The maximum absolute atomic E-state index is 11.3. The molecule has 0 spiro atoms. The van der Waals surface area contributed by atoms with E-state index < -0.39 is 0 Å². The van der Waals surface area contributed by atoms with Gasteiger partial charge in [0.15, 0.2) is 5.13 Å². The first kappa shape index (κ1) is 11.7. The number of benzene rings is 1. The van der Waals surface area contributed by atoms with Gasteiger partial charge in [0.2, 0.25) is 5.91 Å². The van der Waals surface area contributed by atoms with E-state index in [1.165, 1.54) is 11.3 Å². The minimum Gasteiger partial charge on any atom is -0.301 e. The Kier molecular flexibility index (Phi) is 3.81. The smallest absolute Gasteiger partial charge is 0.241 e. The zero-order chi connectivity index (χ0) is 12.1. The molecule has 0 unspecified atom stereocenters. The fourth-order valence-corrected chi connectivity index (χ4v) is 2.06. The molecule has 1 heterocycles. The SMILES string of the molecule is NNCC(=O)Nc1nc(-c2ccccc2)cs1. The number of carbonyl (C=O) groups is 1. The van der Waals surface area contributed by atoms with Gasteiger partial charge < -0.3 is 5.32 Å². The first-order valence-corrected chi connectivity index (χ1v) is 5.92. The Morgan fingerprint density at radius 1 is 1.35 bits per heavy atom. The lowest BCUT2D eigenvalue weighted by molar-refractivity contribution is -0.115. The molecule has 2 rings (SSSR count). The third kappa shape index (κ3) is 3.10. The number of amides is 1. The summed E-state index contributed by atoms with van der Waals surface area (Å²) < 4.78 is 0. The second-order valence-corrected chi connectivity index (χ2v) is 4.19. The van der Waals surface area contributed by atoms with E-state index >= 15 is 0 Å². The van der Waals surface area contributed by atoms with Crippen molar-refractivity contribution in [3.63, 3.8) is 0 Å². The van der Waals surface area contributed by atoms with Gasteiger partial charge in [-0.15, -0.1) is 11.3 Å². The van der Waals surface area contributed by atoms with Gasteiger partial charge in [-0.2, -0.15) is 0 Å². The lowest BCUT2D eigenvalue weighted by Crippen LogP contribution is -2.32. The van der Waals surface area contributed by atoms with Crippen LogP contribution in [0, 0.1) is 0 Å². The summed E-state index contributed by atoms with van der Waals surface area (Å²) in [6, 6.07) is 9.80. The molecule has 0 saturated heterocycles. The van der Waals surface area contributed by atoms with Gasteiger partial charge in [-0.25, -0.2) is 4.98 Å². The second-order valence-electron chi connectivity index (χ2n) is 3.33. The minimum atomic E-state index is -0.207. The molecule has 0 aliphatic rings. The lowest BCUT2D eigenvalue weighted by atomic mass is 10.2. The van der Waals surface area contributed by atoms with Crippen LogP contribution in [0.2, 0.25) is 0 Å². The molecule has 0 radical (unpaired) electrons. The molecule has 17 heavy (non-hydrogen) atoms. The van der Waals surface area contributed by atoms with Gasteiger partial charge in [0.1, 0.15) is 0 Å². The highest BCUT2D eigenvalue weighted by molar-refractivity contribution is 7.14. The van der Waals surface area contributed by atoms with E-state index in [1.807, 2.05) is 35.7 Å². The Morgan fingerprint density at radius 3 is 2.82 bits per heavy atom. The van der Waals surface area contributed by atoms with Crippen molar-refractivity contribution in [2.24, 2.45) is 5.84 Å². The number of hydrazine groups is 1. The predicted molar refractivity (Wildman–Crippen MR) is 68.4 cm³/mol. The largest absolute Gasteiger partial charge is 0.301 e. The van der Waals surface area contributed by atoms with E-state index in [9.17, 15) is 4.79 Å². The molecule has 0 saturated carbocycles. The van der Waals surface area contributed by atoms with Crippen LogP contribution in [-0.2, 0) is 4.79 Å². The number of thiazole rings is 1. The number of nitrogens with one attached hydrogen (secondary N) is 2. The number of hydrogen-bond acceptors (Lipinski definition) is 5. The van der Waals surface area contributed by atoms with E-state index in [0.717, 1.165) is 11.3 Å². The van der Waals surface area contributed by atoms with Crippen LogP contribution >= 0.6 is 11.3 Å². The number of anilines is 1. The summed E-state index contributed by atoms with van der Waals surface area (Å²) in [5, 5.41) is 5.14. The van der Waals surface area contributed by atoms with Crippen LogP contribution in [0.4, 0.5) is 5.13 Å². The van der Waals surface area contributed by atoms with Crippen LogP contribution < -0.4 is 16.6 Å². The molecule has 88 valence electrons. The molecule has 5 nitrogen and oxygen atoms in total. The van der Waals surface area contributed by atoms with Crippen molar-refractivity contribution in [3.8, 4) is 11.3 Å². The van der Waals surface area contributed by atoms with Crippen molar-refractivity contribution < 1.29 is 4.79 Å². The third-order valence-corrected chi connectivity index (χ3v) is 2.84. The third-order valence-electron chi connectivity index (χ3n) is 2.08. The maximum Gasteiger partial charge on any atom is 0.241 e. The average molecular weight is 248 g/mol. The van der Waals surface area contributed by atoms with Crippen LogP contribution in [0.15, 0.2) is 35.7 Å². The van der Waals surface area contributed by atoms with Gasteiger partial charge in [0, 0.05) is 10.9 Å². The highest BCUT2D eigenvalue weighted by atomic mass is 32.1. The van der Waals surface area contributed by atoms with E-state index in [2.05, 4.69) is 15.7 Å². The Balaban J connectivity index is 2.09. The summed E-state index contributed by atoms with van der Waals surface area (Å²) in [4.78, 5) is 15.6. The molecule has 0 bridgehead atoms. The minimum absolute atomic E-state index is 0.0697. The first-order chi connectivity index (χ1) is 8.29. The maximum atomic E-state index is 11.3. The average Bonchev–Trinajstić information content (AvgIpc) is 2.79. The monoisotopic (exact) mass is 248 g/mol. The summed E-state index contributed by atoms with van der Waals surface area (Å²) in [5.74, 6) is 4.84. The van der Waals surface area contributed by atoms with E-state index in [4.69, 9.17) is 5.84 Å². The van der Waals surface area contributed by atoms with E-state index in [-0.39, 0.29) is 12.5 Å².